The van der Waals surface area contributed by atoms with Crippen LogP contribution in [0.2, 0.25) is 5.28 Å². The molecule has 0 saturated heterocycles. The van der Waals surface area contributed by atoms with Crippen molar-refractivity contribution in [1.29, 1.82) is 0 Å². The van der Waals surface area contributed by atoms with Gasteiger partial charge in [-0.25, -0.2) is 4.98 Å². The van der Waals surface area contributed by atoms with Crippen molar-refractivity contribution in [2.24, 2.45) is 0 Å². The highest BCUT2D eigenvalue weighted by Gasteiger charge is 2.32. The van der Waals surface area contributed by atoms with Gasteiger partial charge in [-0.3, -0.25) is 0 Å². The predicted molar refractivity (Wildman–Crippen MR) is 57.3 cm³/mol. The third kappa shape index (κ3) is 1.75. The summed E-state index contributed by atoms with van der Waals surface area (Å²) in [5, 5.41) is 3.53. The zero-order valence-corrected chi connectivity index (χ0v) is 8.80. The fourth-order valence-corrected chi connectivity index (χ4v) is 1.72. The molecule has 5 heteroatoms. The second-order valence-corrected chi connectivity index (χ2v) is 4.32. The van der Waals surface area contributed by atoms with Gasteiger partial charge in [-0.1, -0.05) is 0 Å². The van der Waals surface area contributed by atoms with Crippen molar-refractivity contribution in [2.75, 3.05) is 11.1 Å². The van der Waals surface area contributed by atoms with Crippen LogP contribution in [0.15, 0.2) is 6.20 Å². The lowest BCUT2D eigenvalue weighted by Crippen LogP contribution is -2.42. The number of rotatable bonds is 2. The normalized spacial score (nSPS) is 18.7. The second-order valence-electron chi connectivity index (χ2n) is 3.98. The van der Waals surface area contributed by atoms with Crippen molar-refractivity contribution in [3.8, 4) is 0 Å². The van der Waals surface area contributed by atoms with Crippen LogP contribution in [-0.2, 0) is 0 Å². The summed E-state index contributed by atoms with van der Waals surface area (Å²) in [5.41, 5.74) is 6.40. The Balaban J connectivity index is 2.19. The molecule has 1 aliphatic carbocycles. The predicted octanol–water partition coefficient (Wildman–Crippen LogP) is 2.07. The van der Waals surface area contributed by atoms with Gasteiger partial charge in [0.25, 0.3) is 0 Å². The van der Waals surface area contributed by atoms with Gasteiger partial charge in [0.2, 0.25) is 5.28 Å². The summed E-state index contributed by atoms with van der Waals surface area (Å²) in [7, 11) is 0. The molecule has 0 radical (unpaired) electrons. The third-order valence-electron chi connectivity index (χ3n) is 2.66. The molecule has 1 aromatic rings. The molecule has 1 aliphatic rings. The Labute approximate surface area is 87.9 Å². The van der Waals surface area contributed by atoms with Gasteiger partial charge in [-0.15, -0.1) is 0 Å². The molecular weight excluding hydrogens is 200 g/mol. The largest absolute Gasteiger partial charge is 0.394 e. The molecule has 1 heterocycles. The Kier molecular flexibility index (Phi) is 2.23. The number of hydrogen-bond acceptors (Lipinski definition) is 4. The molecule has 3 N–H and O–H groups in total. The van der Waals surface area contributed by atoms with E-state index in [0.29, 0.717) is 11.5 Å². The van der Waals surface area contributed by atoms with Crippen LogP contribution in [0.5, 0.6) is 0 Å². The minimum absolute atomic E-state index is 0.131. The maximum absolute atomic E-state index is 5.73. The molecule has 14 heavy (non-hydrogen) atoms. The lowest BCUT2D eigenvalue weighted by molar-refractivity contribution is 0.306. The smallest absolute Gasteiger partial charge is 0.224 e. The van der Waals surface area contributed by atoms with E-state index in [1.807, 2.05) is 0 Å². The molecule has 0 atom stereocenters. The molecule has 0 unspecified atom stereocenters. The van der Waals surface area contributed by atoms with E-state index in [2.05, 4.69) is 22.2 Å². The summed E-state index contributed by atoms with van der Waals surface area (Å²) in [6.45, 7) is 2.16. The Morgan fingerprint density at radius 1 is 1.57 bits per heavy atom. The van der Waals surface area contributed by atoms with Gasteiger partial charge in [-0.05, 0) is 37.8 Å². The Morgan fingerprint density at radius 3 is 2.86 bits per heavy atom. The highest BCUT2D eigenvalue weighted by molar-refractivity contribution is 6.28. The maximum Gasteiger partial charge on any atom is 0.224 e. The quantitative estimate of drug-likeness (QED) is 0.737. The standard InChI is InChI=1S/C9H13ClN4/c1-9(3-2-4-9)14-7-6(11)5-12-8(10)13-7/h5H,2-4,11H2,1H3,(H,12,13,14). The molecule has 0 spiro atoms. The SMILES string of the molecule is CC1(Nc2nc(Cl)ncc2N)CCC1. The molecule has 1 saturated carbocycles. The summed E-state index contributed by atoms with van der Waals surface area (Å²) in [6, 6.07) is 0. The Bertz CT molecular complexity index is 349. The second kappa shape index (κ2) is 3.28. The Morgan fingerprint density at radius 2 is 2.29 bits per heavy atom. The summed E-state index contributed by atoms with van der Waals surface area (Å²) in [6.07, 6.45) is 5.07. The first kappa shape index (κ1) is 9.52. The molecule has 0 aliphatic heterocycles. The van der Waals surface area contributed by atoms with Crippen LogP contribution in [0, 0.1) is 0 Å². The summed E-state index contributed by atoms with van der Waals surface area (Å²) >= 11 is 5.69. The van der Waals surface area contributed by atoms with Crippen LogP contribution in [-0.4, -0.2) is 15.5 Å². The zero-order valence-electron chi connectivity index (χ0n) is 8.05. The fourth-order valence-electron chi connectivity index (χ4n) is 1.59. The van der Waals surface area contributed by atoms with Crippen LogP contribution in [0.25, 0.3) is 0 Å². The van der Waals surface area contributed by atoms with E-state index in [9.17, 15) is 0 Å². The molecule has 0 bridgehead atoms. The maximum atomic E-state index is 5.73. The average Bonchev–Trinajstić information content (AvgIpc) is 2.09. The number of hydrogen-bond donors (Lipinski definition) is 2. The van der Waals surface area contributed by atoms with Crippen molar-refractivity contribution in [1.82, 2.24) is 9.97 Å². The number of nitrogens with two attached hydrogens (primary N) is 1. The minimum Gasteiger partial charge on any atom is -0.394 e. The first-order chi connectivity index (χ1) is 6.59. The van der Waals surface area contributed by atoms with Gasteiger partial charge in [0.15, 0.2) is 5.82 Å². The van der Waals surface area contributed by atoms with E-state index in [0.717, 1.165) is 12.8 Å². The van der Waals surface area contributed by atoms with Crippen LogP contribution in [0.4, 0.5) is 11.5 Å². The van der Waals surface area contributed by atoms with Gasteiger partial charge < -0.3 is 11.1 Å². The summed E-state index contributed by atoms with van der Waals surface area (Å²) < 4.78 is 0. The lowest BCUT2D eigenvalue weighted by atomic mass is 9.78. The van der Waals surface area contributed by atoms with E-state index in [1.54, 1.807) is 0 Å². The van der Waals surface area contributed by atoms with Gasteiger partial charge in [0.05, 0.1) is 11.9 Å². The topological polar surface area (TPSA) is 63.8 Å². The Hall–Kier alpha value is -1.03. The van der Waals surface area contributed by atoms with E-state index in [1.165, 1.54) is 12.6 Å². The molecule has 4 nitrogen and oxygen atoms in total. The van der Waals surface area contributed by atoms with Crippen molar-refractivity contribution in [3.63, 3.8) is 0 Å². The molecule has 2 rings (SSSR count). The zero-order chi connectivity index (χ0) is 10.2. The number of nitrogens with zero attached hydrogens (tertiary/aromatic N) is 2. The van der Waals surface area contributed by atoms with E-state index < -0.39 is 0 Å². The van der Waals surface area contributed by atoms with Crippen molar-refractivity contribution in [3.05, 3.63) is 11.5 Å². The number of nitrogen functional groups attached to an aromatic ring is 1. The first-order valence-electron chi connectivity index (χ1n) is 4.65. The molecule has 76 valence electrons. The van der Waals surface area contributed by atoms with Gasteiger partial charge >= 0.3 is 0 Å². The number of aromatic nitrogens is 2. The monoisotopic (exact) mass is 212 g/mol. The van der Waals surface area contributed by atoms with Crippen LogP contribution >= 0.6 is 11.6 Å². The van der Waals surface area contributed by atoms with Gasteiger partial charge in [0.1, 0.15) is 0 Å². The number of nitrogens with one attached hydrogen (secondary N) is 1. The van der Waals surface area contributed by atoms with E-state index in [-0.39, 0.29) is 10.8 Å². The van der Waals surface area contributed by atoms with Crippen molar-refractivity contribution < 1.29 is 0 Å². The molecule has 1 fully saturated rings. The minimum atomic E-state index is 0.131. The molecule has 0 amide bonds. The van der Waals surface area contributed by atoms with Gasteiger partial charge in [0, 0.05) is 5.54 Å². The van der Waals surface area contributed by atoms with Crippen molar-refractivity contribution in [2.45, 2.75) is 31.7 Å². The van der Waals surface area contributed by atoms with Crippen molar-refractivity contribution >= 4 is 23.1 Å². The molecule has 0 aromatic carbocycles. The first-order valence-corrected chi connectivity index (χ1v) is 5.03. The van der Waals surface area contributed by atoms with Gasteiger partial charge in [-0.2, -0.15) is 4.98 Å². The molecule has 1 aromatic heterocycles. The van der Waals surface area contributed by atoms with E-state index in [4.69, 9.17) is 17.3 Å². The summed E-state index contributed by atoms with van der Waals surface area (Å²) in [4.78, 5) is 7.86. The lowest BCUT2D eigenvalue weighted by Gasteiger charge is -2.39. The van der Waals surface area contributed by atoms with Crippen LogP contribution < -0.4 is 11.1 Å². The average molecular weight is 213 g/mol. The third-order valence-corrected chi connectivity index (χ3v) is 2.85. The summed E-state index contributed by atoms with van der Waals surface area (Å²) in [5.74, 6) is 0.646. The number of anilines is 2. The molecular formula is C9H13ClN4. The van der Waals surface area contributed by atoms with Crippen LogP contribution in [0.3, 0.4) is 0 Å². The fraction of sp³-hybridized carbons (Fsp3) is 0.556. The number of halogens is 1. The highest BCUT2D eigenvalue weighted by atomic mass is 35.5. The van der Waals surface area contributed by atoms with Crippen LogP contribution in [0.1, 0.15) is 26.2 Å². The van der Waals surface area contributed by atoms with E-state index >= 15 is 0 Å². The highest BCUT2D eigenvalue weighted by Crippen LogP contribution is 2.35.